The van der Waals surface area contributed by atoms with Crippen molar-refractivity contribution >= 4 is 11.3 Å². The van der Waals surface area contributed by atoms with E-state index in [4.69, 9.17) is 0 Å². The molecular weight excluding hydrogens is 315 g/mol. The molecule has 0 spiro atoms. The van der Waals surface area contributed by atoms with E-state index < -0.39 is 12.0 Å². The topological polar surface area (TPSA) is 46.8 Å². The Hall–Kier alpha value is -1.48. The lowest BCUT2D eigenvalue weighted by atomic mass is 10.3. The van der Waals surface area contributed by atoms with Gasteiger partial charge < -0.3 is 4.57 Å². The Labute approximate surface area is 128 Å². The number of hydrogen-bond acceptors (Lipinski definition) is 5. The van der Waals surface area contributed by atoms with Gasteiger partial charge in [0, 0.05) is 30.9 Å². The Morgan fingerprint density at radius 3 is 2.77 bits per heavy atom. The highest BCUT2D eigenvalue weighted by Gasteiger charge is 2.39. The summed E-state index contributed by atoms with van der Waals surface area (Å²) in [5.41, 5.74) is 0.996. The zero-order valence-electron chi connectivity index (χ0n) is 11.7. The molecule has 0 N–H and O–H groups in total. The molecule has 0 radical (unpaired) electrons. The van der Waals surface area contributed by atoms with Gasteiger partial charge in [-0.05, 0) is 12.8 Å². The van der Waals surface area contributed by atoms with Crippen LogP contribution in [0.1, 0.15) is 41.1 Å². The Morgan fingerprint density at radius 2 is 2.05 bits per heavy atom. The van der Waals surface area contributed by atoms with Crippen LogP contribution in [0.2, 0.25) is 0 Å². The fraction of sp³-hybridized carbons (Fsp3) is 0.615. The van der Waals surface area contributed by atoms with Gasteiger partial charge in [-0.3, -0.25) is 4.90 Å². The highest BCUT2D eigenvalue weighted by molar-refractivity contribution is 7.09. The Bertz CT molecular complexity index is 688. The number of fused-ring (bicyclic) bond motifs is 1. The third-order valence-corrected chi connectivity index (χ3v) is 5.02. The molecule has 0 bridgehead atoms. The lowest BCUT2D eigenvalue weighted by molar-refractivity contribution is -0.148. The van der Waals surface area contributed by atoms with Gasteiger partial charge in [0.25, 0.3) is 0 Å². The SMILES string of the molecule is FC(F)(F)c1nnc2n1CCN(Cc1csc(C3CC3)n1)C2. The first-order valence-electron chi connectivity index (χ1n) is 7.16. The van der Waals surface area contributed by atoms with Crippen molar-refractivity contribution in [3.63, 3.8) is 0 Å². The second-order valence-electron chi connectivity index (χ2n) is 5.75. The Balaban J connectivity index is 1.46. The van der Waals surface area contributed by atoms with Crippen molar-refractivity contribution in [2.24, 2.45) is 0 Å². The molecule has 0 saturated heterocycles. The van der Waals surface area contributed by atoms with E-state index in [1.807, 2.05) is 5.38 Å². The molecule has 3 heterocycles. The van der Waals surface area contributed by atoms with Crippen LogP contribution in [0.25, 0.3) is 0 Å². The fourth-order valence-corrected chi connectivity index (χ4v) is 3.68. The van der Waals surface area contributed by atoms with Crippen LogP contribution in [0.4, 0.5) is 13.2 Å². The molecule has 0 aromatic carbocycles. The van der Waals surface area contributed by atoms with Crippen LogP contribution in [-0.4, -0.2) is 31.2 Å². The third kappa shape index (κ3) is 2.63. The minimum Gasteiger partial charge on any atom is -0.305 e. The van der Waals surface area contributed by atoms with E-state index >= 15 is 0 Å². The molecular formula is C13H14F3N5S. The summed E-state index contributed by atoms with van der Waals surface area (Å²) in [4.78, 5) is 6.69. The summed E-state index contributed by atoms with van der Waals surface area (Å²) in [5.74, 6) is 0.112. The van der Waals surface area contributed by atoms with Gasteiger partial charge in [-0.1, -0.05) is 0 Å². The molecule has 22 heavy (non-hydrogen) atoms. The summed E-state index contributed by atoms with van der Waals surface area (Å²) in [7, 11) is 0. The van der Waals surface area contributed by atoms with Crippen molar-refractivity contribution in [1.82, 2.24) is 24.6 Å². The van der Waals surface area contributed by atoms with Crippen LogP contribution in [0.5, 0.6) is 0 Å². The number of thiazole rings is 1. The van der Waals surface area contributed by atoms with Gasteiger partial charge in [-0.25, -0.2) is 4.98 Å². The third-order valence-electron chi connectivity index (χ3n) is 3.97. The number of aromatic nitrogens is 4. The van der Waals surface area contributed by atoms with Crippen molar-refractivity contribution < 1.29 is 13.2 Å². The average Bonchev–Trinajstić information content (AvgIpc) is 3.05. The predicted molar refractivity (Wildman–Crippen MR) is 73.2 cm³/mol. The molecule has 4 rings (SSSR count). The Morgan fingerprint density at radius 1 is 1.23 bits per heavy atom. The maximum atomic E-state index is 12.8. The fourth-order valence-electron chi connectivity index (χ4n) is 2.69. The van der Waals surface area contributed by atoms with E-state index in [0.29, 0.717) is 31.4 Å². The quantitative estimate of drug-likeness (QED) is 0.868. The summed E-state index contributed by atoms with van der Waals surface area (Å²) in [6, 6.07) is 0. The monoisotopic (exact) mass is 329 g/mol. The average molecular weight is 329 g/mol. The first-order chi connectivity index (χ1) is 10.5. The molecule has 1 fully saturated rings. The van der Waals surface area contributed by atoms with Crippen molar-refractivity contribution in [3.05, 3.63) is 27.7 Å². The van der Waals surface area contributed by atoms with Gasteiger partial charge >= 0.3 is 6.18 Å². The van der Waals surface area contributed by atoms with E-state index in [-0.39, 0.29) is 6.54 Å². The van der Waals surface area contributed by atoms with Crippen molar-refractivity contribution in [2.75, 3.05) is 6.54 Å². The smallest absolute Gasteiger partial charge is 0.305 e. The molecule has 118 valence electrons. The zero-order chi connectivity index (χ0) is 15.3. The molecule has 2 aromatic rings. The minimum atomic E-state index is -4.44. The molecule has 9 heteroatoms. The molecule has 0 amide bonds. The first kappa shape index (κ1) is 14.1. The van der Waals surface area contributed by atoms with Crippen LogP contribution < -0.4 is 0 Å². The number of halogens is 3. The standard InChI is InChI=1S/C13H14F3N5S/c14-13(15,16)12-19-18-10-6-20(3-4-21(10)12)5-9-7-22-11(17-9)8-1-2-8/h7-8H,1-6H2. The van der Waals surface area contributed by atoms with E-state index in [1.54, 1.807) is 11.3 Å². The van der Waals surface area contributed by atoms with Crippen molar-refractivity contribution in [1.29, 1.82) is 0 Å². The van der Waals surface area contributed by atoms with Crippen LogP contribution >= 0.6 is 11.3 Å². The zero-order valence-corrected chi connectivity index (χ0v) is 12.5. The molecule has 0 atom stereocenters. The highest BCUT2D eigenvalue weighted by atomic mass is 32.1. The summed E-state index contributed by atoms with van der Waals surface area (Å²) >= 11 is 1.68. The normalized spacial score (nSPS) is 19.4. The number of alkyl halides is 3. The lowest BCUT2D eigenvalue weighted by Crippen LogP contribution is -2.35. The van der Waals surface area contributed by atoms with Crippen molar-refractivity contribution in [3.8, 4) is 0 Å². The Kier molecular flexibility index (Phi) is 3.23. The minimum absolute atomic E-state index is 0.261. The first-order valence-corrected chi connectivity index (χ1v) is 8.04. The molecule has 1 aliphatic heterocycles. The van der Waals surface area contributed by atoms with Gasteiger partial charge in [0.05, 0.1) is 17.2 Å². The van der Waals surface area contributed by atoms with Crippen LogP contribution in [-0.2, 0) is 25.8 Å². The second kappa shape index (κ2) is 5.02. The summed E-state index contributed by atoms with van der Waals surface area (Å²) in [6.07, 6.45) is -2.00. The molecule has 2 aromatic heterocycles. The van der Waals surface area contributed by atoms with Gasteiger partial charge in [0.2, 0.25) is 5.82 Å². The number of rotatable bonds is 3. The highest BCUT2D eigenvalue weighted by Crippen LogP contribution is 2.41. The predicted octanol–water partition coefficient (Wildman–Crippen LogP) is 2.65. The summed E-state index contributed by atoms with van der Waals surface area (Å²) < 4.78 is 39.5. The largest absolute Gasteiger partial charge is 0.451 e. The van der Waals surface area contributed by atoms with E-state index in [9.17, 15) is 13.2 Å². The maximum Gasteiger partial charge on any atom is 0.451 e. The molecule has 2 aliphatic rings. The molecule has 1 saturated carbocycles. The van der Waals surface area contributed by atoms with Crippen LogP contribution in [0, 0.1) is 0 Å². The number of hydrogen-bond donors (Lipinski definition) is 0. The van der Waals surface area contributed by atoms with Gasteiger partial charge in [-0.2, -0.15) is 13.2 Å². The summed E-state index contributed by atoms with van der Waals surface area (Å²) in [6.45, 7) is 1.83. The van der Waals surface area contributed by atoms with Crippen molar-refractivity contribution in [2.45, 2.75) is 44.6 Å². The van der Waals surface area contributed by atoms with Crippen LogP contribution in [0.15, 0.2) is 5.38 Å². The van der Waals surface area contributed by atoms with Crippen LogP contribution in [0.3, 0.4) is 0 Å². The molecule has 5 nitrogen and oxygen atoms in total. The lowest BCUT2D eigenvalue weighted by Gasteiger charge is -2.27. The molecule has 1 aliphatic carbocycles. The maximum absolute atomic E-state index is 12.8. The summed E-state index contributed by atoms with van der Waals surface area (Å²) in [5, 5.41) is 10.2. The van der Waals surface area contributed by atoms with E-state index in [0.717, 1.165) is 5.69 Å². The van der Waals surface area contributed by atoms with Gasteiger partial charge in [0.1, 0.15) is 5.82 Å². The van der Waals surface area contributed by atoms with E-state index in [1.165, 1.54) is 22.4 Å². The number of nitrogens with zero attached hydrogens (tertiary/aromatic N) is 5. The van der Waals surface area contributed by atoms with E-state index in [2.05, 4.69) is 20.1 Å². The van der Waals surface area contributed by atoms with Gasteiger partial charge in [-0.15, -0.1) is 21.5 Å². The van der Waals surface area contributed by atoms with Gasteiger partial charge in [0.15, 0.2) is 0 Å². The molecule has 0 unspecified atom stereocenters. The second-order valence-corrected chi connectivity index (χ2v) is 6.64.